The smallest absolute Gasteiger partial charge is 0.259 e. The minimum absolute atomic E-state index is 0.171. The number of amides is 1. The van der Waals surface area contributed by atoms with Crippen LogP contribution in [-0.2, 0) is 4.79 Å². The Kier molecular flexibility index (Phi) is 6.17. The summed E-state index contributed by atoms with van der Waals surface area (Å²) in [6.07, 6.45) is 1.60. The zero-order valence-corrected chi connectivity index (χ0v) is 13.4. The molecule has 0 atom stereocenters. The third kappa shape index (κ3) is 5.82. The van der Waals surface area contributed by atoms with Gasteiger partial charge in [-0.25, -0.2) is 5.43 Å². The summed E-state index contributed by atoms with van der Waals surface area (Å²) in [6.45, 7) is 4.75. The topological polar surface area (TPSA) is 62.7 Å². The molecule has 120 valence electrons. The highest BCUT2D eigenvalue weighted by Gasteiger charge is 1.99. The first kappa shape index (κ1) is 16.5. The molecule has 0 aromatic heterocycles. The zero-order valence-electron chi connectivity index (χ0n) is 13.4. The Morgan fingerprint density at radius 1 is 1.22 bits per heavy atom. The van der Waals surface area contributed by atoms with Gasteiger partial charge in [-0.2, -0.15) is 5.10 Å². The van der Waals surface area contributed by atoms with Crippen LogP contribution in [0, 0.1) is 6.92 Å². The monoisotopic (exact) mass is 311 g/mol. The summed E-state index contributed by atoms with van der Waals surface area (Å²) in [7, 11) is 0. The van der Waals surface area contributed by atoms with Gasteiger partial charge in [0.05, 0.1) is 19.4 Å². The average molecular weight is 311 g/mol. The third-order valence-electron chi connectivity index (χ3n) is 3.07. The van der Waals surface area contributed by atoms with Crippen molar-refractivity contribution in [2.45, 2.75) is 13.8 Å². The van der Waals surface area contributed by atoms with Crippen LogP contribution in [0.4, 0.5) is 5.69 Å². The number of ether oxygens (including phenoxy) is 1. The molecule has 0 fully saturated rings. The van der Waals surface area contributed by atoms with Gasteiger partial charge in [0.15, 0.2) is 0 Å². The van der Waals surface area contributed by atoms with Gasteiger partial charge >= 0.3 is 0 Å². The van der Waals surface area contributed by atoms with E-state index in [1.165, 1.54) is 0 Å². The molecule has 0 aliphatic heterocycles. The van der Waals surface area contributed by atoms with Gasteiger partial charge in [-0.05, 0) is 61.4 Å². The average Bonchev–Trinajstić information content (AvgIpc) is 2.55. The quantitative estimate of drug-likeness (QED) is 0.610. The van der Waals surface area contributed by atoms with Gasteiger partial charge in [0.1, 0.15) is 5.75 Å². The lowest BCUT2D eigenvalue weighted by Crippen LogP contribution is -2.25. The predicted octanol–water partition coefficient (Wildman–Crippen LogP) is 2.96. The molecule has 2 aromatic carbocycles. The fraction of sp³-hybridized carbons (Fsp3) is 0.222. The van der Waals surface area contributed by atoms with E-state index in [9.17, 15) is 4.79 Å². The molecule has 2 N–H and O–H groups in total. The number of rotatable bonds is 7. The Hall–Kier alpha value is -2.82. The number of hydrogen-bond acceptors (Lipinski definition) is 4. The van der Waals surface area contributed by atoms with E-state index < -0.39 is 0 Å². The highest BCUT2D eigenvalue weighted by atomic mass is 16.5. The van der Waals surface area contributed by atoms with E-state index in [2.05, 4.69) is 15.8 Å². The zero-order chi connectivity index (χ0) is 16.5. The van der Waals surface area contributed by atoms with Crippen LogP contribution in [0.5, 0.6) is 5.75 Å². The van der Waals surface area contributed by atoms with Gasteiger partial charge in [0, 0.05) is 5.69 Å². The Morgan fingerprint density at radius 3 is 2.70 bits per heavy atom. The van der Waals surface area contributed by atoms with Crippen molar-refractivity contribution in [1.82, 2.24) is 5.43 Å². The standard InChI is InChI=1S/C18H21N3O2/c1-3-23-17-9-7-15(8-10-17)12-20-21-18(22)13-19-16-6-4-5-14(2)11-16/h4-12,19H,3,13H2,1-2H3,(H,21,22). The van der Waals surface area contributed by atoms with Crippen molar-refractivity contribution in [3.8, 4) is 5.75 Å². The second-order valence-corrected chi connectivity index (χ2v) is 5.02. The predicted molar refractivity (Wildman–Crippen MR) is 93.0 cm³/mol. The van der Waals surface area contributed by atoms with Gasteiger partial charge in [0.2, 0.25) is 0 Å². The normalized spacial score (nSPS) is 10.5. The highest BCUT2D eigenvalue weighted by molar-refractivity contribution is 5.84. The van der Waals surface area contributed by atoms with Crippen molar-refractivity contribution < 1.29 is 9.53 Å². The Morgan fingerprint density at radius 2 is 2.00 bits per heavy atom. The summed E-state index contributed by atoms with van der Waals surface area (Å²) in [5.41, 5.74) is 5.44. The first-order valence-electron chi connectivity index (χ1n) is 7.52. The van der Waals surface area contributed by atoms with Gasteiger partial charge in [0.25, 0.3) is 5.91 Å². The summed E-state index contributed by atoms with van der Waals surface area (Å²) >= 11 is 0. The molecule has 0 radical (unpaired) electrons. The van der Waals surface area contributed by atoms with Gasteiger partial charge in [-0.3, -0.25) is 4.79 Å². The number of hydrogen-bond donors (Lipinski definition) is 2. The summed E-state index contributed by atoms with van der Waals surface area (Å²) < 4.78 is 5.36. The lowest BCUT2D eigenvalue weighted by atomic mass is 10.2. The van der Waals surface area contributed by atoms with E-state index >= 15 is 0 Å². The second kappa shape index (κ2) is 8.58. The van der Waals surface area contributed by atoms with Crippen molar-refractivity contribution in [2.24, 2.45) is 5.10 Å². The number of nitrogens with zero attached hydrogens (tertiary/aromatic N) is 1. The number of anilines is 1. The molecule has 5 nitrogen and oxygen atoms in total. The molecule has 0 unspecified atom stereocenters. The Labute approximate surface area is 136 Å². The molecule has 2 aromatic rings. The van der Waals surface area contributed by atoms with E-state index in [-0.39, 0.29) is 12.5 Å². The van der Waals surface area contributed by atoms with Crippen molar-refractivity contribution >= 4 is 17.8 Å². The fourth-order valence-electron chi connectivity index (χ4n) is 1.97. The molecular formula is C18H21N3O2. The molecule has 2 rings (SSSR count). The number of benzene rings is 2. The molecule has 23 heavy (non-hydrogen) atoms. The largest absolute Gasteiger partial charge is 0.494 e. The van der Waals surface area contributed by atoms with Crippen molar-refractivity contribution in [2.75, 3.05) is 18.5 Å². The van der Waals surface area contributed by atoms with Crippen LogP contribution in [0.2, 0.25) is 0 Å². The summed E-state index contributed by atoms with van der Waals surface area (Å²) in [4.78, 5) is 11.7. The molecule has 0 bridgehead atoms. The molecule has 0 saturated carbocycles. The van der Waals surface area contributed by atoms with E-state index in [0.717, 1.165) is 22.6 Å². The van der Waals surface area contributed by atoms with Gasteiger partial charge in [-0.15, -0.1) is 0 Å². The lowest BCUT2D eigenvalue weighted by Gasteiger charge is -2.05. The van der Waals surface area contributed by atoms with E-state index in [4.69, 9.17) is 4.74 Å². The first-order valence-corrected chi connectivity index (χ1v) is 7.52. The number of aryl methyl sites for hydroxylation is 1. The molecule has 0 saturated heterocycles. The summed E-state index contributed by atoms with van der Waals surface area (Å²) in [5.74, 6) is 0.615. The molecule has 0 heterocycles. The first-order chi connectivity index (χ1) is 11.2. The van der Waals surface area contributed by atoms with Crippen molar-refractivity contribution in [3.05, 3.63) is 59.7 Å². The molecule has 0 aliphatic rings. The van der Waals surface area contributed by atoms with E-state index in [1.54, 1.807) is 6.21 Å². The SMILES string of the molecule is CCOc1ccc(C=NNC(=O)CNc2cccc(C)c2)cc1. The maximum absolute atomic E-state index is 11.7. The maximum atomic E-state index is 11.7. The molecule has 1 amide bonds. The highest BCUT2D eigenvalue weighted by Crippen LogP contribution is 2.10. The maximum Gasteiger partial charge on any atom is 0.259 e. The van der Waals surface area contributed by atoms with Crippen LogP contribution in [0.15, 0.2) is 53.6 Å². The minimum atomic E-state index is -0.200. The third-order valence-corrected chi connectivity index (χ3v) is 3.07. The number of carbonyl (C=O) groups excluding carboxylic acids is 1. The van der Waals surface area contributed by atoms with Gasteiger partial charge in [-0.1, -0.05) is 12.1 Å². The fourth-order valence-corrected chi connectivity index (χ4v) is 1.97. The number of nitrogens with one attached hydrogen (secondary N) is 2. The van der Waals surface area contributed by atoms with Gasteiger partial charge < -0.3 is 10.1 Å². The van der Waals surface area contributed by atoms with Crippen molar-refractivity contribution in [1.29, 1.82) is 0 Å². The lowest BCUT2D eigenvalue weighted by molar-refractivity contribution is -0.119. The van der Waals surface area contributed by atoms with E-state index in [1.807, 2.05) is 62.4 Å². The van der Waals surface area contributed by atoms with Crippen LogP contribution in [0.25, 0.3) is 0 Å². The summed E-state index contributed by atoms with van der Waals surface area (Å²) in [6, 6.07) is 15.3. The Balaban J connectivity index is 1.77. The minimum Gasteiger partial charge on any atom is -0.494 e. The van der Waals surface area contributed by atoms with Crippen LogP contribution in [0.3, 0.4) is 0 Å². The molecule has 5 heteroatoms. The van der Waals surface area contributed by atoms with Crippen LogP contribution >= 0.6 is 0 Å². The second-order valence-electron chi connectivity index (χ2n) is 5.02. The summed E-state index contributed by atoms with van der Waals surface area (Å²) in [5, 5.41) is 6.99. The molecule has 0 aliphatic carbocycles. The molecular weight excluding hydrogens is 290 g/mol. The Bertz CT molecular complexity index is 666. The number of hydrazone groups is 1. The van der Waals surface area contributed by atoms with Crippen LogP contribution in [0.1, 0.15) is 18.1 Å². The van der Waals surface area contributed by atoms with E-state index in [0.29, 0.717) is 6.61 Å². The van der Waals surface area contributed by atoms with Crippen LogP contribution in [-0.4, -0.2) is 25.3 Å². The number of carbonyl (C=O) groups is 1. The van der Waals surface area contributed by atoms with Crippen LogP contribution < -0.4 is 15.5 Å². The molecule has 0 spiro atoms. The van der Waals surface area contributed by atoms with Crippen molar-refractivity contribution in [3.63, 3.8) is 0 Å².